The summed E-state index contributed by atoms with van der Waals surface area (Å²) < 4.78 is 40.3. The molecule has 2 fully saturated rings. The molecule has 0 bridgehead atoms. The van der Waals surface area contributed by atoms with Crippen molar-refractivity contribution in [2.24, 2.45) is 5.41 Å². The molecule has 2 N–H and O–H groups in total. The molecule has 0 radical (unpaired) electrons. The first-order valence-corrected chi connectivity index (χ1v) is 12.7. The van der Waals surface area contributed by atoms with E-state index in [1.54, 1.807) is 18.3 Å². The van der Waals surface area contributed by atoms with Crippen molar-refractivity contribution in [1.29, 1.82) is 0 Å². The van der Waals surface area contributed by atoms with E-state index >= 15 is 0 Å². The van der Waals surface area contributed by atoms with Gasteiger partial charge in [0.05, 0.1) is 35.1 Å². The van der Waals surface area contributed by atoms with E-state index in [0.717, 1.165) is 16.9 Å². The van der Waals surface area contributed by atoms with Gasteiger partial charge in [0, 0.05) is 32.0 Å². The van der Waals surface area contributed by atoms with Gasteiger partial charge in [-0.3, -0.25) is 0 Å². The first kappa shape index (κ1) is 22.7. The molecule has 5 rings (SSSR count). The summed E-state index contributed by atoms with van der Waals surface area (Å²) in [5, 5.41) is 16.3. The van der Waals surface area contributed by atoms with Crippen LogP contribution in [0, 0.1) is 11.2 Å². The monoisotopic (exact) mass is 487 g/mol. The van der Waals surface area contributed by atoms with E-state index in [1.165, 1.54) is 18.6 Å². The highest BCUT2D eigenvalue weighted by molar-refractivity contribution is 7.90. The van der Waals surface area contributed by atoms with Gasteiger partial charge in [0.15, 0.2) is 11.6 Å². The van der Waals surface area contributed by atoms with Gasteiger partial charge in [-0.2, -0.15) is 9.19 Å². The molecule has 0 spiro atoms. The predicted molar refractivity (Wildman–Crippen MR) is 125 cm³/mol. The molecule has 1 saturated carbocycles. The average molecular weight is 488 g/mol. The fraction of sp³-hybridized carbons (Fsp3) is 0.455. The number of nitrogens with zero attached hydrogens (tertiary/aromatic N) is 6. The lowest BCUT2D eigenvalue weighted by atomic mass is 9.81. The quantitative estimate of drug-likeness (QED) is 0.517. The lowest BCUT2D eigenvalue weighted by molar-refractivity contribution is 0.114. The summed E-state index contributed by atoms with van der Waals surface area (Å²) in [6, 6.07) is 3.28. The molecule has 1 aliphatic carbocycles. The fourth-order valence-electron chi connectivity index (χ4n) is 3.96. The molecular formula is C22H26FN7O3S. The Morgan fingerprint density at radius 3 is 2.68 bits per heavy atom. The van der Waals surface area contributed by atoms with Gasteiger partial charge in [0.1, 0.15) is 11.6 Å². The van der Waals surface area contributed by atoms with Crippen LogP contribution in [0.1, 0.15) is 32.6 Å². The summed E-state index contributed by atoms with van der Waals surface area (Å²) >= 11 is 0. The smallest absolute Gasteiger partial charge is 0.256 e. The third-order valence-corrected chi connectivity index (χ3v) is 8.50. The van der Waals surface area contributed by atoms with E-state index in [0.29, 0.717) is 54.6 Å². The Hall–Kier alpha value is -3.12. The highest BCUT2D eigenvalue weighted by Gasteiger charge is 2.37. The summed E-state index contributed by atoms with van der Waals surface area (Å²) in [6.07, 6.45) is 8.40. The van der Waals surface area contributed by atoms with E-state index in [-0.39, 0.29) is 17.3 Å². The molecular weight excluding hydrogens is 461 g/mol. The Bertz CT molecular complexity index is 1300. The molecule has 180 valence electrons. The van der Waals surface area contributed by atoms with Crippen LogP contribution in [0.5, 0.6) is 0 Å². The number of rotatable bonds is 7. The van der Waals surface area contributed by atoms with Gasteiger partial charge >= 0.3 is 0 Å². The highest BCUT2D eigenvalue weighted by Crippen LogP contribution is 2.34. The van der Waals surface area contributed by atoms with Gasteiger partial charge in [0.25, 0.3) is 10.0 Å². The van der Waals surface area contributed by atoms with Gasteiger partial charge in [-0.05, 0) is 37.2 Å². The second-order valence-electron chi connectivity index (χ2n) is 9.21. The lowest BCUT2D eigenvalue weighted by Gasteiger charge is -2.39. The van der Waals surface area contributed by atoms with Gasteiger partial charge in [-0.1, -0.05) is 6.92 Å². The summed E-state index contributed by atoms with van der Waals surface area (Å²) in [4.78, 5) is 14.8. The van der Waals surface area contributed by atoms with Crippen LogP contribution in [0.4, 0.5) is 21.7 Å². The number of hydrogen-bond donors (Lipinski definition) is 2. The van der Waals surface area contributed by atoms with Crippen LogP contribution in [0.15, 0.2) is 36.9 Å². The average Bonchev–Trinajstić information content (AvgIpc) is 3.58. The molecule has 1 saturated heterocycles. The van der Waals surface area contributed by atoms with E-state index < -0.39 is 15.8 Å². The van der Waals surface area contributed by atoms with Crippen LogP contribution in [-0.4, -0.2) is 62.6 Å². The molecule has 0 amide bonds. The van der Waals surface area contributed by atoms with Crippen molar-refractivity contribution in [3.63, 3.8) is 0 Å². The standard InChI is InChI=1S/C22H26FN7O3S/c1-22(14-31)5-8-29(9-6-22)18-10-20(25-12-17(18)23)27-19-4-7-24-21(28-19)15-11-26-30(13-15)34(32,33)16-2-3-16/h4,7,10-13,16,31H,2-3,5-6,8-9,14H2,1H3,(H,24,25,27,28). The molecule has 0 unspecified atom stereocenters. The Kier molecular flexibility index (Phi) is 5.72. The van der Waals surface area contributed by atoms with Crippen LogP contribution >= 0.6 is 0 Å². The van der Waals surface area contributed by atoms with Gasteiger partial charge in [-0.15, -0.1) is 0 Å². The molecule has 34 heavy (non-hydrogen) atoms. The number of aliphatic hydroxyl groups excluding tert-OH is 1. The minimum atomic E-state index is -3.47. The number of aromatic nitrogens is 5. The van der Waals surface area contributed by atoms with E-state index in [4.69, 9.17) is 0 Å². The second-order valence-corrected chi connectivity index (χ2v) is 11.3. The number of anilines is 3. The number of aliphatic hydroxyl groups is 1. The number of halogens is 1. The molecule has 0 atom stereocenters. The minimum absolute atomic E-state index is 0.119. The zero-order valence-corrected chi connectivity index (χ0v) is 19.5. The van der Waals surface area contributed by atoms with Gasteiger partial charge in [0.2, 0.25) is 0 Å². The molecule has 10 nitrogen and oxygen atoms in total. The SMILES string of the molecule is CC1(CO)CCN(c2cc(Nc3ccnc(-c4cnn(S(=O)(=O)C5CC5)c4)n3)ncc2F)CC1. The number of hydrogen-bond acceptors (Lipinski definition) is 9. The molecule has 0 aromatic carbocycles. The third kappa shape index (κ3) is 4.47. The Labute approximate surface area is 196 Å². The summed E-state index contributed by atoms with van der Waals surface area (Å²) in [5.41, 5.74) is 0.781. The molecule has 4 heterocycles. The Balaban J connectivity index is 1.33. The number of nitrogens with one attached hydrogen (secondary N) is 1. The largest absolute Gasteiger partial charge is 0.396 e. The zero-order valence-electron chi connectivity index (χ0n) is 18.7. The normalized spacial score (nSPS) is 18.1. The molecule has 3 aromatic heterocycles. The van der Waals surface area contributed by atoms with E-state index in [1.807, 2.05) is 11.8 Å². The first-order chi connectivity index (χ1) is 16.3. The maximum absolute atomic E-state index is 14.5. The predicted octanol–water partition coefficient (Wildman–Crippen LogP) is 2.56. The topological polar surface area (TPSA) is 126 Å². The third-order valence-electron chi connectivity index (χ3n) is 6.46. The number of piperidine rings is 1. The van der Waals surface area contributed by atoms with Crippen molar-refractivity contribution in [1.82, 2.24) is 24.1 Å². The maximum Gasteiger partial charge on any atom is 0.256 e. The first-order valence-electron chi connectivity index (χ1n) is 11.2. The molecule has 3 aromatic rings. The van der Waals surface area contributed by atoms with Crippen molar-refractivity contribution in [3.8, 4) is 11.4 Å². The van der Waals surface area contributed by atoms with Crippen LogP contribution in [0.3, 0.4) is 0 Å². The number of pyridine rings is 1. The maximum atomic E-state index is 14.5. The molecule has 2 aliphatic rings. The fourth-order valence-corrected chi connectivity index (χ4v) is 5.44. The van der Waals surface area contributed by atoms with Crippen LogP contribution in [0.2, 0.25) is 0 Å². The van der Waals surface area contributed by atoms with Gasteiger partial charge in [-0.25, -0.2) is 27.8 Å². The van der Waals surface area contributed by atoms with Crippen molar-refractivity contribution in [2.75, 3.05) is 29.9 Å². The van der Waals surface area contributed by atoms with Crippen molar-refractivity contribution >= 4 is 27.3 Å². The Morgan fingerprint density at radius 2 is 1.97 bits per heavy atom. The minimum Gasteiger partial charge on any atom is -0.396 e. The Morgan fingerprint density at radius 1 is 1.21 bits per heavy atom. The highest BCUT2D eigenvalue weighted by atomic mass is 32.2. The van der Waals surface area contributed by atoms with Crippen molar-refractivity contribution in [2.45, 2.75) is 37.9 Å². The molecule has 12 heteroatoms. The lowest BCUT2D eigenvalue weighted by Crippen LogP contribution is -2.40. The van der Waals surface area contributed by atoms with E-state index in [9.17, 15) is 17.9 Å². The van der Waals surface area contributed by atoms with Crippen LogP contribution < -0.4 is 10.2 Å². The summed E-state index contributed by atoms with van der Waals surface area (Å²) in [5.74, 6) is 0.748. The summed E-state index contributed by atoms with van der Waals surface area (Å²) in [7, 11) is -3.47. The zero-order chi connectivity index (χ0) is 23.9. The second kappa shape index (κ2) is 8.58. The van der Waals surface area contributed by atoms with E-state index in [2.05, 4.69) is 25.4 Å². The van der Waals surface area contributed by atoms with Crippen LogP contribution in [0.25, 0.3) is 11.4 Å². The van der Waals surface area contributed by atoms with Gasteiger partial charge < -0.3 is 15.3 Å². The summed E-state index contributed by atoms with van der Waals surface area (Å²) in [6.45, 7) is 3.44. The molecule has 1 aliphatic heterocycles. The van der Waals surface area contributed by atoms with Crippen molar-refractivity contribution < 1.29 is 17.9 Å². The van der Waals surface area contributed by atoms with Crippen molar-refractivity contribution in [3.05, 3.63) is 42.7 Å². The van der Waals surface area contributed by atoms with Crippen LogP contribution in [-0.2, 0) is 10.0 Å².